The molecule has 0 N–H and O–H groups in total. The first-order chi connectivity index (χ1) is 4.75. The van der Waals surface area contributed by atoms with Gasteiger partial charge >= 0.3 is 0 Å². The van der Waals surface area contributed by atoms with Crippen LogP contribution in [0.3, 0.4) is 0 Å². The van der Waals surface area contributed by atoms with E-state index >= 15 is 0 Å². The summed E-state index contributed by atoms with van der Waals surface area (Å²) in [4.78, 5) is 0. The SMILES string of the molecule is [B]CC1=NN=CC1C(C)C. The van der Waals surface area contributed by atoms with Crippen LogP contribution in [-0.2, 0) is 0 Å². The summed E-state index contributed by atoms with van der Waals surface area (Å²) < 4.78 is 0. The van der Waals surface area contributed by atoms with Gasteiger partial charge in [0.25, 0.3) is 0 Å². The second kappa shape index (κ2) is 2.99. The Balaban J connectivity index is 2.62. The molecule has 2 nitrogen and oxygen atoms in total. The van der Waals surface area contributed by atoms with E-state index in [9.17, 15) is 0 Å². The van der Waals surface area contributed by atoms with Crippen molar-refractivity contribution in [3.63, 3.8) is 0 Å². The molecule has 0 aromatic rings. The highest BCUT2D eigenvalue weighted by molar-refractivity contribution is 6.24. The smallest absolute Gasteiger partial charge is 0.0734 e. The van der Waals surface area contributed by atoms with E-state index in [1.807, 2.05) is 6.21 Å². The van der Waals surface area contributed by atoms with Crippen molar-refractivity contribution in [2.24, 2.45) is 22.0 Å². The topological polar surface area (TPSA) is 24.7 Å². The van der Waals surface area contributed by atoms with Gasteiger partial charge in [0, 0.05) is 17.8 Å². The van der Waals surface area contributed by atoms with Crippen LogP contribution in [-0.4, -0.2) is 19.8 Å². The molecule has 2 radical (unpaired) electrons. The summed E-state index contributed by atoms with van der Waals surface area (Å²) in [6.45, 7) is 4.29. The molecule has 3 heteroatoms. The fourth-order valence-corrected chi connectivity index (χ4v) is 1.07. The Morgan fingerprint density at radius 3 is 2.80 bits per heavy atom. The Kier molecular flexibility index (Phi) is 2.25. The van der Waals surface area contributed by atoms with E-state index in [2.05, 4.69) is 24.1 Å². The Hall–Kier alpha value is -0.595. The molecule has 1 rings (SSSR count). The van der Waals surface area contributed by atoms with Gasteiger partial charge in [-0.1, -0.05) is 13.8 Å². The van der Waals surface area contributed by atoms with Gasteiger partial charge in [0.05, 0.1) is 7.85 Å². The van der Waals surface area contributed by atoms with Gasteiger partial charge in [-0.25, -0.2) is 0 Å². The van der Waals surface area contributed by atoms with E-state index in [1.165, 1.54) is 0 Å². The summed E-state index contributed by atoms with van der Waals surface area (Å²) in [5.41, 5.74) is 1.01. The molecular formula is C7H11BN2. The molecule has 10 heavy (non-hydrogen) atoms. The van der Waals surface area contributed by atoms with Crippen LogP contribution in [0.1, 0.15) is 13.8 Å². The molecule has 0 spiro atoms. The fraction of sp³-hybridized carbons (Fsp3) is 0.714. The molecule has 0 saturated heterocycles. The molecule has 0 bridgehead atoms. The monoisotopic (exact) mass is 134 g/mol. The van der Waals surface area contributed by atoms with Crippen LogP contribution in [0.15, 0.2) is 10.2 Å². The van der Waals surface area contributed by atoms with E-state index in [4.69, 9.17) is 7.85 Å². The number of nitrogens with zero attached hydrogens (tertiary/aromatic N) is 2. The molecule has 1 heterocycles. The minimum absolute atomic E-state index is 0.380. The molecule has 1 atom stereocenters. The average Bonchev–Trinajstić information content (AvgIpc) is 2.33. The molecular weight excluding hydrogens is 123 g/mol. The summed E-state index contributed by atoms with van der Waals surface area (Å²) in [5, 5.41) is 7.74. The summed E-state index contributed by atoms with van der Waals surface area (Å²) in [6.07, 6.45) is 2.40. The first-order valence-electron chi connectivity index (χ1n) is 3.55. The van der Waals surface area contributed by atoms with Crippen molar-refractivity contribution in [1.29, 1.82) is 0 Å². The van der Waals surface area contributed by atoms with Gasteiger partial charge in [0.1, 0.15) is 0 Å². The second-order valence-corrected chi connectivity index (χ2v) is 2.83. The number of rotatable bonds is 2. The molecule has 1 unspecified atom stereocenters. The van der Waals surface area contributed by atoms with Crippen molar-refractivity contribution >= 4 is 19.8 Å². The predicted octanol–water partition coefficient (Wildman–Crippen LogP) is 1.29. The predicted molar refractivity (Wildman–Crippen MR) is 44.8 cm³/mol. The summed E-state index contributed by atoms with van der Waals surface area (Å²) in [5.74, 6) is 0.943. The highest BCUT2D eigenvalue weighted by Crippen LogP contribution is 2.16. The maximum atomic E-state index is 5.45. The van der Waals surface area contributed by atoms with Crippen LogP contribution < -0.4 is 0 Å². The third kappa shape index (κ3) is 1.28. The molecule has 0 aromatic carbocycles. The van der Waals surface area contributed by atoms with Crippen LogP contribution in [0.25, 0.3) is 0 Å². The van der Waals surface area contributed by atoms with Crippen molar-refractivity contribution in [2.45, 2.75) is 20.2 Å². The van der Waals surface area contributed by atoms with Crippen LogP contribution in [0, 0.1) is 11.8 Å². The van der Waals surface area contributed by atoms with Gasteiger partial charge in [-0.3, -0.25) is 0 Å². The summed E-state index contributed by atoms with van der Waals surface area (Å²) >= 11 is 0. The van der Waals surface area contributed by atoms with Crippen molar-refractivity contribution in [3.8, 4) is 0 Å². The molecule has 0 aromatic heterocycles. The van der Waals surface area contributed by atoms with E-state index in [-0.39, 0.29) is 0 Å². The van der Waals surface area contributed by atoms with Gasteiger partial charge in [-0.2, -0.15) is 10.2 Å². The molecule has 1 aliphatic heterocycles. The Labute approximate surface area is 62.8 Å². The lowest BCUT2D eigenvalue weighted by molar-refractivity contribution is 0.614. The van der Waals surface area contributed by atoms with Crippen molar-refractivity contribution in [2.75, 3.05) is 0 Å². The molecule has 0 fully saturated rings. The standard InChI is InChI=1S/C7H11BN2/c1-5(2)6-4-9-10-7(6)3-8/h4-6H,3H2,1-2H3. The highest BCUT2D eigenvalue weighted by Gasteiger charge is 2.19. The van der Waals surface area contributed by atoms with Gasteiger partial charge in [0.15, 0.2) is 0 Å². The third-order valence-corrected chi connectivity index (χ3v) is 1.73. The quantitative estimate of drug-likeness (QED) is 0.508. The van der Waals surface area contributed by atoms with Crippen molar-refractivity contribution in [3.05, 3.63) is 0 Å². The zero-order chi connectivity index (χ0) is 7.56. The van der Waals surface area contributed by atoms with Crippen molar-refractivity contribution in [1.82, 2.24) is 0 Å². The maximum Gasteiger partial charge on any atom is 0.0734 e. The maximum absolute atomic E-state index is 5.45. The summed E-state index contributed by atoms with van der Waals surface area (Å²) in [7, 11) is 5.45. The van der Waals surface area contributed by atoms with Crippen LogP contribution in [0.4, 0.5) is 0 Å². The van der Waals surface area contributed by atoms with Crippen molar-refractivity contribution < 1.29 is 0 Å². The third-order valence-electron chi connectivity index (χ3n) is 1.73. The largest absolute Gasteiger partial charge is 0.163 e. The lowest BCUT2D eigenvalue weighted by Crippen LogP contribution is -2.17. The summed E-state index contributed by atoms with van der Waals surface area (Å²) in [6, 6.07) is 0. The van der Waals surface area contributed by atoms with E-state index in [0.717, 1.165) is 5.71 Å². The number of hydrogen-bond acceptors (Lipinski definition) is 2. The van der Waals surface area contributed by atoms with Gasteiger partial charge < -0.3 is 0 Å². The number of hydrogen-bond donors (Lipinski definition) is 0. The Morgan fingerprint density at radius 2 is 2.40 bits per heavy atom. The zero-order valence-electron chi connectivity index (χ0n) is 6.41. The molecule has 52 valence electrons. The first-order valence-corrected chi connectivity index (χ1v) is 3.55. The molecule has 0 amide bonds. The van der Waals surface area contributed by atoms with Gasteiger partial charge in [-0.05, 0) is 12.2 Å². The van der Waals surface area contributed by atoms with Gasteiger partial charge in [0.2, 0.25) is 0 Å². The second-order valence-electron chi connectivity index (χ2n) is 2.83. The van der Waals surface area contributed by atoms with E-state index in [1.54, 1.807) is 0 Å². The van der Waals surface area contributed by atoms with E-state index in [0.29, 0.717) is 18.2 Å². The highest BCUT2D eigenvalue weighted by atomic mass is 15.2. The van der Waals surface area contributed by atoms with Crippen LogP contribution >= 0.6 is 0 Å². The fourth-order valence-electron chi connectivity index (χ4n) is 1.07. The Morgan fingerprint density at radius 1 is 1.70 bits per heavy atom. The van der Waals surface area contributed by atoms with Crippen LogP contribution in [0.2, 0.25) is 6.32 Å². The molecule has 0 aliphatic carbocycles. The lowest BCUT2D eigenvalue weighted by Gasteiger charge is -2.11. The minimum atomic E-state index is 0.380. The van der Waals surface area contributed by atoms with E-state index < -0.39 is 0 Å². The van der Waals surface area contributed by atoms with Gasteiger partial charge in [-0.15, -0.1) is 0 Å². The average molecular weight is 134 g/mol. The van der Waals surface area contributed by atoms with Crippen LogP contribution in [0.5, 0.6) is 0 Å². The molecule has 0 saturated carbocycles. The first kappa shape index (κ1) is 7.51. The minimum Gasteiger partial charge on any atom is -0.163 e. The Bertz CT molecular complexity index is 172. The lowest BCUT2D eigenvalue weighted by atomic mass is 9.85. The zero-order valence-corrected chi connectivity index (χ0v) is 6.41. The molecule has 1 aliphatic rings. The normalized spacial score (nSPS) is 23.9.